The van der Waals surface area contributed by atoms with E-state index in [1.165, 1.54) is 25.9 Å². The maximum atomic E-state index is 6.07. The Bertz CT molecular complexity index is 512. The first kappa shape index (κ1) is 18.0. The molecule has 1 atom stereocenters. The summed E-state index contributed by atoms with van der Waals surface area (Å²) in [5, 5.41) is 7.73. The van der Waals surface area contributed by atoms with Gasteiger partial charge in [-0.25, -0.2) is 0 Å². The van der Waals surface area contributed by atoms with E-state index in [2.05, 4.69) is 38.4 Å². The van der Waals surface area contributed by atoms with Crippen molar-refractivity contribution in [2.75, 3.05) is 31.5 Å². The summed E-state index contributed by atoms with van der Waals surface area (Å²) in [6.45, 7) is 6.85. The summed E-state index contributed by atoms with van der Waals surface area (Å²) in [6, 6.07) is 5.71. The third kappa shape index (κ3) is 6.03. The number of benzene rings is 1. The molecule has 1 heterocycles. The number of rotatable bonds is 5. The highest BCUT2D eigenvalue weighted by atomic mass is 79.9. The fourth-order valence-electron chi connectivity index (χ4n) is 2.74. The van der Waals surface area contributed by atoms with Crippen LogP contribution in [-0.2, 0) is 0 Å². The van der Waals surface area contributed by atoms with Crippen molar-refractivity contribution in [1.29, 1.82) is 0 Å². The standard InChI is InChI=1S/C16H23BrClN3S/c1-12-4-2-8-21(11-12)9-3-7-19-16(22)20-13-5-6-14(17)15(18)10-13/h5-6,10,12H,2-4,7-9,11H2,1H3,(H2,19,20,22)/t12-/m0/s1. The molecule has 0 aliphatic carbocycles. The number of piperidine rings is 1. The summed E-state index contributed by atoms with van der Waals surface area (Å²) in [4.78, 5) is 2.56. The second kappa shape index (κ2) is 9.06. The molecular formula is C16H23BrClN3S. The van der Waals surface area contributed by atoms with E-state index in [9.17, 15) is 0 Å². The zero-order chi connectivity index (χ0) is 15.9. The molecule has 1 saturated heterocycles. The Labute approximate surface area is 151 Å². The SMILES string of the molecule is C[C@H]1CCCN(CCCNC(=S)Nc2ccc(Br)c(Cl)c2)C1. The number of likely N-dealkylation sites (tertiary alicyclic amines) is 1. The molecule has 6 heteroatoms. The molecule has 2 N–H and O–H groups in total. The van der Waals surface area contributed by atoms with Gasteiger partial charge in [0.2, 0.25) is 0 Å². The second-order valence-electron chi connectivity index (χ2n) is 5.91. The highest BCUT2D eigenvalue weighted by molar-refractivity contribution is 9.10. The van der Waals surface area contributed by atoms with E-state index in [0.717, 1.165) is 35.6 Å². The van der Waals surface area contributed by atoms with Gasteiger partial charge in [0.25, 0.3) is 0 Å². The number of halogens is 2. The maximum Gasteiger partial charge on any atom is 0.170 e. The van der Waals surface area contributed by atoms with Crippen molar-refractivity contribution in [3.63, 3.8) is 0 Å². The summed E-state index contributed by atoms with van der Waals surface area (Å²) in [5.74, 6) is 0.839. The Morgan fingerprint density at radius 2 is 2.32 bits per heavy atom. The Morgan fingerprint density at radius 3 is 3.05 bits per heavy atom. The lowest BCUT2D eigenvalue weighted by molar-refractivity contribution is 0.182. The molecule has 0 bridgehead atoms. The van der Waals surface area contributed by atoms with Crippen LogP contribution in [0.3, 0.4) is 0 Å². The largest absolute Gasteiger partial charge is 0.362 e. The normalized spacial score (nSPS) is 19.0. The van der Waals surface area contributed by atoms with Crippen LogP contribution in [0.4, 0.5) is 5.69 Å². The number of thiocarbonyl (C=S) groups is 1. The van der Waals surface area contributed by atoms with Gasteiger partial charge in [-0.2, -0.15) is 0 Å². The molecule has 0 aromatic heterocycles. The van der Waals surface area contributed by atoms with Crippen LogP contribution in [0, 0.1) is 5.92 Å². The smallest absolute Gasteiger partial charge is 0.170 e. The molecule has 122 valence electrons. The van der Waals surface area contributed by atoms with Gasteiger partial charge in [-0.3, -0.25) is 0 Å². The lowest BCUT2D eigenvalue weighted by atomic mass is 10.0. The van der Waals surface area contributed by atoms with Crippen LogP contribution in [0.25, 0.3) is 0 Å². The van der Waals surface area contributed by atoms with E-state index >= 15 is 0 Å². The summed E-state index contributed by atoms with van der Waals surface area (Å²) < 4.78 is 0.884. The summed E-state index contributed by atoms with van der Waals surface area (Å²) in [7, 11) is 0. The minimum Gasteiger partial charge on any atom is -0.362 e. The third-order valence-corrected chi connectivity index (χ3v) is 5.33. The van der Waals surface area contributed by atoms with Crippen molar-refractivity contribution in [2.24, 2.45) is 5.92 Å². The molecule has 1 aromatic rings. The zero-order valence-corrected chi connectivity index (χ0v) is 16.0. The molecule has 2 rings (SSSR count). The van der Waals surface area contributed by atoms with Gasteiger partial charge >= 0.3 is 0 Å². The van der Waals surface area contributed by atoms with Crippen LogP contribution in [0.15, 0.2) is 22.7 Å². The van der Waals surface area contributed by atoms with Gasteiger partial charge in [0.05, 0.1) is 5.02 Å². The highest BCUT2D eigenvalue weighted by Crippen LogP contribution is 2.25. The maximum absolute atomic E-state index is 6.07. The van der Waals surface area contributed by atoms with Crippen molar-refractivity contribution in [3.8, 4) is 0 Å². The average Bonchev–Trinajstić information content (AvgIpc) is 2.48. The van der Waals surface area contributed by atoms with E-state index in [1.807, 2.05) is 18.2 Å². The number of nitrogens with zero attached hydrogens (tertiary/aromatic N) is 1. The fraction of sp³-hybridized carbons (Fsp3) is 0.562. The van der Waals surface area contributed by atoms with Crippen molar-refractivity contribution in [1.82, 2.24) is 10.2 Å². The molecule has 22 heavy (non-hydrogen) atoms. The topological polar surface area (TPSA) is 27.3 Å². The van der Waals surface area contributed by atoms with Crippen LogP contribution in [0.5, 0.6) is 0 Å². The monoisotopic (exact) mass is 403 g/mol. The van der Waals surface area contributed by atoms with Crippen molar-refractivity contribution < 1.29 is 0 Å². The van der Waals surface area contributed by atoms with Gasteiger partial charge in [-0.05, 0) is 84.6 Å². The molecule has 0 radical (unpaired) electrons. The van der Waals surface area contributed by atoms with Gasteiger partial charge < -0.3 is 15.5 Å². The van der Waals surface area contributed by atoms with Crippen LogP contribution < -0.4 is 10.6 Å². The van der Waals surface area contributed by atoms with E-state index < -0.39 is 0 Å². The van der Waals surface area contributed by atoms with Gasteiger partial charge in [0.15, 0.2) is 5.11 Å². The summed E-state index contributed by atoms with van der Waals surface area (Å²) >= 11 is 14.8. The van der Waals surface area contributed by atoms with Crippen molar-refractivity contribution in [2.45, 2.75) is 26.2 Å². The Kier molecular flexibility index (Phi) is 7.41. The first-order chi connectivity index (χ1) is 10.5. The first-order valence-corrected chi connectivity index (χ1v) is 9.35. The number of hydrogen-bond donors (Lipinski definition) is 2. The summed E-state index contributed by atoms with van der Waals surface area (Å²) in [5.41, 5.74) is 0.899. The molecule has 0 unspecified atom stereocenters. The van der Waals surface area contributed by atoms with Gasteiger partial charge in [0.1, 0.15) is 0 Å². The van der Waals surface area contributed by atoms with Crippen LogP contribution >= 0.6 is 39.7 Å². The molecule has 0 saturated carbocycles. The Balaban J connectivity index is 1.64. The molecule has 3 nitrogen and oxygen atoms in total. The van der Waals surface area contributed by atoms with E-state index in [-0.39, 0.29) is 0 Å². The predicted molar refractivity (Wildman–Crippen MR) is 103 cm³/mol. The van der Waals surface area contributed by atoms with E-state index in [4.69, 9.17) is 23.8 Å². The van der Waals surface area contributed by atoms with Crippen LogP contribution in [-0.4, -0.2) is 36.2 Å². The van der Waals surface area contributed by atoms with Crippen molar-refractivity contribution >= 4 is 50.5 Å². The Morgan fingerprint density at radius 1 is 1.50 bits per heavy atom. The lowest BCUT2D eigenvalue weighted by Crippen LogP contribution is -2.37. The number of hydrogen-bond acceptors (Lipinski definition) is 2. The molecule has 1 aromatic carbocycles. The molecule has 1 aliphatic heterocycles. The zero-order valence-electron chi connectivity index (χ0n) is 12.9. The second-order valence-corrected chi connectivity index (χ2v) is 7.58. The lowest BCUT2D eigenvalue weighted by Gasteiger charge is -2.30. The molecule has 0 amide bonds. The van der Waals surface area contributed by atoms with Crippen LogP contribution in [0.1, 0.15) is 26.2 Å². The molecule has 1 fully saturated rings. The third-order valence-electron chi connectivity index (χ3n) is 3.86. The molecular weight excluding hydrogens is 382 g/mol. The average molecular weight is 405 g/mol. The van der Waals surface area contributed by atoms with Gasteiger partial charge in [0, 0.05) is 23.2 Å². The first-order valence-electron chi connectivity index (χ1n) is 7.77. The minimum atomic E-state index is 0.644. The van der Waals surface area contributed by atoms with E-state index in [1.54, 1.807) is 0 Å². The number of nitrogens with one attached hydrogen (secondary N) is 2. The molecule has 1 aliphatic rings. The molecule has 0 spiro atoms. The van der Waals surface area contributed by atoms with Crippen molar-refractivity contribution in [3.05, 3.63) is 27.7 Å². The quantitative estimate of drug-likeness (QED) is 0.558. The predicted octanol–water partition coefficient (Wildman–Crippen LogP) is 4.51. The summed E-state index contributed by atoms with van der Waals surface area (Å²) in [6.07, 6.45) is 3.81. The number of anilines is 1. The van der Waals surface area contributed by atoms with E-state index in [0.29, 0.717) is 10.1 Å². The van der Waals surface area contributed by atoms with Gasteiger partial charge in [-0.15, -0.1) is 0 Å². The van der Waals surface area contributed by atoms with Crippen LogP contribution in [0.2, 0.25) is 5.02 Å². The minimum absolute atomic E-state index is 0.644. The van der Waals surface area contributed by atoms with Gasteiger partial charge in [-0.1, -0.05) is 18.5 Å². The fourth-order valence-corrected chi connectivity index (χ4v) is 3.39. The Hall–Kier alpha value is -0.360. The highest BCUT2D eigenvalue weighted by Gasteiger charge is 2.15.